The van der Waals surface area contributed by atoms with Crippen molar-refractivity contribution in [3.63, 3.8) is 0 Å². The first-order chi connectivity index (χ1) is 23.8. The van der Waals surface area contributed by atoms with E-state index in [1.54, 1.807) is 36.4 Å². The highest BCUT2D eigenvalue weighted by Crippen LogP contribution is 2.44. The van der Waals surface area contributed by atoms with Crippen LogP contribution >= 0.6 is 0 Å². The van der Waals surface area contributed by atoms with Gasteiger partial charge in [-0.1, -0.05) is 60.7 Å². The standard InChI is InChI=1S/C38H34O12/c1-19-35(44)38(46,47)36(45)37(48-19)50-29-17-27-31(33(42)26(29)16-22-9-6-10-23(15-22)18-39)32(41)25-13-14-28(49-20(2)40)24(30(25)34(27)43)12-11-21-7-4-3-5-8-21/h3-15,17,19,35-37,39,42,44-47H,16,18H2,1-2H3/b12-11-/t19-,35+,36-,37+/m0/s1. The molecule has 1 aliphatic carbocycles. The number of aliphatic hydroxyl groups is 5. The van der Waals surface area contributed by atoms with E-state index in [9.17, 15) is 45.0 Å². The Balaban J connectivity index is 1.52. The first-order valence-corrected chi connectivity index (χ1v) is 15.7. The molecular weight excluding hydrogens is 648 g/mol. The summed E-state index contributed by atoms with van der Waals surface area (Å²) in [6, 6.07) is 19.7. The van der Waals surface area contributed by atoms with Gasteiger partial charge < -0.3 is 44.8 Å². The van der Waals surface area contributed by atoms with Crippen LogP contribution in [0.2, 0.25) is 0 Å². The molecular formula is C38H34O12. The number of fused-ring (bicyclic) bond motifs is 2. The van der Waals surface area contributed by atoms with Crippen LogP contribution < -0.4 is 9.47 Å². The van der Waals surface area contributed by atoms with Crippen molar-refractivity contribution in [1.29, 1.82) is 0 Å². The van der Waals surface area contributed by atoms with Crippen LogP contribution in [0.1, 0.15) is 73.5 Å². The lowest BCUT2D eigenvalue weighted by Gasteiger charge is -2.44. The van der Waals surface area contributed by atoms with Crippen molar-refractivity contribution in [3.05, 3.63) is 123 Å². The largest absolute Gasteiger partial charge is 0.507 e. The number of aromatic hydroxyl groups is 1. The second kappa shape index (κ2) is 13.6. The van der Waals surface area contributed by atoms with Gasteiger partial charge in [-0.3, -0.25) is 14.4 Å². The minimum atomic E-state index is -3.05. The van der Waals surface area contributed by atoms with E-state index in [-0.39, 0.29) is 57.9 Å². The molecule has 258 valence electrons. The number of phenols is 1. The summed E-state index contributed by atoms with van der Waals surface area (Å²) in [5.74, 6) is -5.98. The summed E-state index contributed by atoms with van der Waals surface area (Å²) >= 11 is 0. The quantitative estimate of drug-likeness (QED) is 0.0606. The van der Waals surface area contributed by atoms with Crippen LogP contribution in [0.3, 0.4) is 0 Å². The van der Waals surface area contributed by atoms with E-state index in [0.717, 1.165) is 5.56 Å². The first-order valence-electron chi connectivity index (χ1n) is 15.7. The van der Waals surface area contributed by atoms with Crippen molar-refractivity contribution in [3.8, 4) is 17.2 Å². The highest BCUT2D eigenvalue weighted by atomic mass is 16.7. The molecule has 0 unspecified atom stereocenters. The van der Waals surface area contributed by atoms with Gasteiger partial charge in [0.1, 0.15) is 23.4 Å². The maximum atomic E-state index is 14.4. The van der Waals surface area contributed by atoms with E-state index in [4.69, 9.17) is 14.2 Å². The Bertz CT molecular complexity index is 2020. The number of esters is 1. The zero-order chi connectivity index (χ0) is 35.9. The molecule has 1 fully saturated rings. The molecule has 0 bridgehead atoms. The molecule has 0 saturated carbocycles. The van der Waals surface area contributed by atoms with Gasteiger partial charge >= 0.3 is 5.97 Å². The van der Waals surface area contributed by atoms with Gasteiger partial charge in [0.25, 0.3) is 0 Å². The van der Waals surface area contributed by atoms with Gasteiger partial charge in [-0.05, 0) is 47.9 Å². The van der Waals surface area contributed by atoms with E-state index < -0.39 is 53.7 Å². The molecule has 1 heterocycles. The number of ether oxygens (including phenoxy) is 3. The lowest BCUT2D eigenvalue weighted by atomic mass is 9.79. The molecule has 6 N–H and O–H groups in total. The molecule has 2 aliphatic rings. The molecule has 0 aromatic heterocycles. The van der Waals surface area contributed by atoms with Crippen LogP contribution in [-0.4, -0.2) is 78.6 Å². The van der Waals surface area contributed by atoms with Crippen LogP contribution in [0.4, 0.5) is 0 Å². The average molecular weight is 683 g/mol. The average Bonchev–Trinajstić information content (AvgIpc) is 3.09. The zero-order valence-electron chi connectivity index (χ0n) is 26.9. The molecule has 4 aromatic rings. The number of carbonyl (C=O) groups is 3. The molecule has 12 heteroatoms. The second-order valence-corrected chi connectivity index (χ2v) is 12.2. The summed E-state index contributed by atoms with van der Waals surface area (Å²) in [5, 5.41) is 63.3. The predicted octanol–water partition coefficient (Wildman–Crippen LogP) is 2.87. The summed E-state index contributed by atoms with van der Waals surface area (Å²) < 4.78 is 16.9. The van der Waals surface area contributed by atoms with Crippen LogP contribution in [0.15, 0.2) is 72.8 Å². The number of hydrogen-bond acceptors (Lipinski definition) is 12. The highest BCUT2D eigenvalue weighted by molar-refractivity contribution is 6.31. The summed E-state index contributed by atoms with van der Waals surface area (Å²) in [6.07, 6.45) is -4.04. The Morgan fingerprint density at radius 1 is 0.860 bits per heavy atom. The zero-order valence-corrected chi connectivity index (χ0v) is 26.9. The third-order valence-electron chi connectivity index (χ3n) is 8.73. The molecule has 1 aliphatic heterocycles. The number of aliphatic hydroxyl groups excluding tert-OH is 3. The van der Waals surface area contributed by atoms with Gasteiger partial charge in [0.15, 0.2) is 17.7 Å². The molecule has 4 atom stereocenters. The summed E-state index contributed by atoms with van der Waals surface area (Å²) in [6.45, 7) is 2.25. The van der Waals surface area contributed by atoms with Crippen molar-refractivity contribution < 1.29 is 59.2 Å². The second-order valence-electron chi connectivity index (χ2n) is 12.2. The van der Waals surface area contributed by atoms with E-state index in [1.807, 2.05) is 30.3 Å². The predicted molar refractivity (Wildman–Crippen MR) is 177 cm³/mol. The Hall–Kier alpha value is -5.21. The number of benzene rings is 4. The van der Waals surface area contributed by atoms with Crippen LogP contribution in [-0.2, 0) is 22.6 Å². The minimum Gasteiger partial charge on any atom is -0.507 e. The smallest absolute Gasteiger partial charge is 0.308 e. The topological polar surface area (TPSA) is 200 Å². The Morgan fingerprint density at radius 2 is 1.56 bits per heavy atom. The van der Waals surface area contributed by atoms with E-state index in [1.165, 1.54) is 32.0 Å². The van der Waals surface area contributed by atoms with Crippen molar-refractivity contribution >= 4 is 29.7 Å². The Morgan fingerprint density at radius 3 is 2.26 bits per heavy atom. The van der Waals surface area contributed by atoms with Gasteiger partial charge in [0.05, 0.1) is 18.3 Å². The number of rotatable bonds is 8. The van der Waals surface area contributed by atoms with Crippen LogP contribution in [0, 0.1) is 0 Å². The fraction of sp³-hybridized carbons (Fsp3) is 0.237. The van der Waals surface area contributed by atoms with Crippen molar-refractivity contribution in [2.75, 3.05) is 0 Å². The summed E-state index contributed by atoms with van der Waals surface area (Å²) in [4.78, 5) is 40.6. The molecule has 0 amide bonds. The molecule has 1 saturated heterocycles. The first kappa shape index (κ1) is 34.6. The van der Waals surface area contributed by atoms with Crippen LogP contribution in [0.25, 0.3) is 12.2 Å². The third kappa shape index (κ3) is 6.31. The van der Waals surface area contributed by atoms with Crippen LogP contribution in [0.5, 0.6) is 17.2 Å². The number of hydrogen-bond donors (Lipinski definition) is 6. The minimum absolute atomic E-state index is 0.0137. The maximum absolute atomic E-state index is 14.4. The number of ketones is 2. The van der Waals surface area contributed by atoms with Crippen molar-refractivity contribution in [1.82, 2.24) is 0 Å². The lowest BCUT2D eigenvalue weighted by Crippen LogP contribution is -2.67. The van der Waals surface area contributed by atoms with E-state index >= 15 is 0 Å². The Kier molecular flexibility index (Phi) is 9.42. The number of carbonyl (C=O) groups excluding carboxylic acids is 3. The molecule has 50 heavy (non-hydrogen) atoms. The van der Waals surface area contributed by atoms with Gasteiger partial charge in [0, 0.05) is 41.2 Å². The third-order valence-corrected chi connectivity index (χ3v) is 8.73. The molecule has 12 nitrogen and oxygen atoms in total. The molecule has 0 spiro atoms. The van der Waals surface area contributed by atoms with Gasteiger partial charge in [0.2, 0.25) is 12.1 Å². The fourth-order valence-electron chi connectivity index (χ4n) is 6.17. The molecule has 0 radical (unpaired) electrons. The van der Waals surface area contributed by atoms with Gasteiger partial charge in [-0.15, -0.1) is 0 Å². The fourth-order valence-corrected chi connectivity index (χ4v) is 6.17. The van der Waals surface area contributed by atoms with E-state index in [2.05, 4.69) is 0 Å². The monoisotopic (exact) mass is 682 g/mol. The maximum Gasteiger partial charge on any atom is 0.308 e. The van der Waals surface area contributed by atoms with Gasteiger partial charge in [-0.25, -0.2) is 0 Å². The molecule has 6 rings (SSSR count). The SMILES string of the molecule is CC(=O)Oc1ccc2c(c1/C=C\c1ccccc1)C(=O)c1cc(O[C@H]3O[C@@H](C)[C@@H](O)C(O)(O)[C@H]3O)c(Cc3cccc(CO)c3)c(O)c1C2=O. The van der Waals surface area contributed by atoms with Crippen molar-refractivity contribution in [2.45, 2.75) is 57.3 Å². The highest BCUT2D eigenvalue weighted by Gasteiger charge is 2.54. The van der Waals surface area contributed by atoms with E-state index in [0.29, 0.717) is 11.1 Å². The Labute approximate surface area is 286 Å². The van der Waals surface area contributed by atoms with Gasteiger partial charge in [-0.2, -0.15) is 0 Å². The number of phenolic OH excluding ortho intramolecular Hbond substituents is 1. The summed E-state index contributed by atoms with van der Waals surface area (Å²) in [5.41, 5.74) is 1.24. The normalized spacial score (nSPS) is 21.1. The molecule has 4 aromatic carbocycles. The van der Waals surface area contributed by atoms with Crippen molar-refractivity contribution in [2.24, 2.45) is 0 Å². The summed E-state index contributed by atoms with van der Waals surface area (Å²) in [7, 11) is 0. The lowest BCUT2D eigenvalue weighted by molar-refractivity contribution is -0.371.